The van der Waals surface area contributed by atoms with Crippen LogP contribution in [0.4, 0.5) is 5.69 Å². The van der Waals surface area contributed by atoms with Crippen LogP contribution in [0.15, 0.2) is 12.1 Å². The molecule has 3 rings (SSSR count). The minimum atomic E-state index is -3.43. The molecule has 0 heterocycles. The Morgan fingerprint density at radius 3 is 2.42 bits per heavy atom. The van der Waals surface area contributed by atoms with Crippen molar-refractivity contribution in [3.8, 4) is 0 Å². The summed E-state index contributed by atoms with van der Waals surface area (Å²) >= 11 is 0. The SMILES string of the molecule is O=C(O)c1cc2c(cc1NS(=O)(=O)C1CC1)CCC2. The lowest BCUT2D eigenvalue weighted by Crippen LogP contribution is -2.19. The van der Waals surface area contributed by atoms with Gasteiger partial charge in [0.15, 0.2) is 0 Å². The van der Waals surface area contributed by atoms with Crippen molar-refractivity contribution in [1.82, 2.24) is 0 Å². The van der Waals surface area contributed by atoms with E-state index in [4.69, 9.17) is 0 Å². The number of benzene rings is 1. The molecule has 1 aromatic rings. The molecule has 0 spiro atoms. The monoisotopic (exact) mass is 281 g/mol. The zero-order valence-electron chi connectivity index (χ0n) is 10.3. The fourth-order valence-corrected chi connectivity index (χ4v) is 3.90. The van der Waals surface area contributed by atoms with Crippen LogP contribution in [-0.4, -0.2) is 24.7 Å². The molecule has 102 valence electrons. The molecule has 1 fully saturated rings. The summed E-state index contributed by atoms with van der Waals surface area (Å²) in [5.41, 5.74) is 2.33. The number of fused-ring (bicyclic) bond motifs is 1. The summed E-state index contributed by atoms with van der Waals surface area (Å²) in [6.07, 6.45) is 4.05. The van der Waals surface area contributed by atoms with E-state index in [9.17, 15) is 18.3 Å². The molecule has 0 unspecified atom stereocenters. The second-order valence-electron chi connectivity index (χ2n) is 5.17. The summed E-state index contributed by atoms with van der Waals surface area (Å²) < 4.78 is 26.3. The Labute approximate surface area is 111 Å². The van der Waals surface area contributed by atoms with Crippen molar-refractivity contribution in [3.63, 3.8) is 0 Å². The zero-order chi connectivity index (χ0) is 13.6. The van der Waals surface area contributed by atoms with Gasteiger partial charge in [0.05, 0.1) is 16.5 Å². The molecule has 1 aromatic carbocycles. The van der Waals surface area contributed by atoms with Gasteiger partial charge in [-0.25, -0.2) is 13.2 Å². The summed E-state index contributed by atoms with van der Waals surface area (Å²) in [7, 11) is -3.43. The Hall–Kier alpha value is -1.56. The van der Waals surface area contributed by atoms with Crippen LogP contribution in [0, 0.1) is 0 Å². The van der Waals surface area contributed by atoms with Gasteiger partial charge in [-0.15, -0.1) is 0 Å². The second-order valence-corrected chi connectivity index (χ2v) is 7.13. The number of hydrogen-bond acceptors (Lipinski definition) is 3. The lowest BCUT2D eigenvalue weighted by molar-refractivity contribution is 0.0698. The number of aryl methyl sites for hydroxylation is 2. The number of nitrogens with one attached hydrogen (secondary N) is 1. The summed E-state index contributed by atoms with van der Waals surface area (Å²) in [6.45, 7) is 0. The van der Waals surface area contributed by atoms with E-state index in [1.807, 2.05) is 0 Å². The normalized spacial score (nSPS) is 18.1. The Bertz CT molecular complexity index is 647. The van der Waals surface area contributed by atoms with E-state index in [1.54, 1.807) is 12.1 Å². The maximum Gasteiger partial charge on any atom is 0.337 e. The van der Waals surface area contributed by atoms with Crippen molar-refractivity contribution in [2.24, 2.45) is 0 Å². The van der Waals surface area contributed by atoms with Gasteiger partial charge >= 0.3 is 5.97 Å². The number of anilines is 1. The van der Waals surface area contributed by atoms with Crippen LogP contribution < -0.4 is 4.72 Å². The predicted molar refractivity (Wildman–Crippen MR) is 71.0 cm³/mol. The first-order chi connectivity index (χ1) is 8.97. The van der Waals surface area contributed by atoms with E-state index < -0.39 is 16.0 Å². The Morgan fingerprint density at radius 1 is 1.21 bits per heavy atom. The quantitative estimate of drug-likeness (QED) is 0.881. The zero-order valence-corrected chi connectivity index (χ0v) is 11.2. The molecular weight excluding hydrogens is 266 g/mol. The van der Waals surface area contributed by atoms with Crippen molar-refractivity contribution in [3.05, 3.63) is 28.8 Å². The van der Waals surface area contributed by atoms with Gasteiger partial charge in [-0.3, -0.25) is 4.72 Å². The highest BCUT2D eigenvalue weighted by Crippen LogP contribution is 2.33. The highest BCUT2D eigenvalue weighted by molar-refractivity contribution is 7.93. The first kappa shape index (κ1) is 12.5. The third-order valence-electron chi connectivity index (χ3n) is 3.68. The van der Waals surface area contributed by atoms with Crippen LogP contribution in [0.2, 0.25) is 0 Å². The Balaban J connectivity index is 2.01. The molecule has 6 heteroatoms. The molecule has 5 nitrogen and oxygen atoms in total. The molecule has 0 atom stereocenters. The largest absolute Gasteiger partial charge is 0.478 e. The van der Waals surface area contributed by atoms with Gasteiger partial charge in [-0.2, -0.15) is 0 Å². The van der Waals surface area contributed by atoms with Gasteiger partial charge < -0.3 is 5.11 Å². The van der Waals surface area contributed by atoms with Gasteiger partial charge in [-0.05, 0) is 55.4 Å². The summed E-state index contributed by atoms with van der Waals surface area (Å²) in [6, 6.07) is 3.29. The highest BCUT2D eigenvalue weighted by Gasteiger charge is 2.36. The van der Waals surface area contributed by atoms with E-state index in [0.29, 0.717) is 12.8 Å². The number of carbonyl (C=O) groups is 1. The summed E-state index contributed by atoms with van der Waals surface area (Å²) in [5.74, 6) is -1.09. The van der Waals surface area contributed by atoms with Crippen molar-refractivity contribution >= 4 is 21.7 Å². The third kappa shape index (κ3) is 2.32. The molecule has 2 N–H and O–H groups in total. The maximum atomic E-state index is 11.9. The number of carboxylic acid groups (broad SMARTS) is 1. The summed E-state index contributed by atoms with van der Waals surface area (Å²) in [5, 5.41) is 8.85. The van der Waals surface area contributed by atoms with E-state index in [2.05, 4.69) is 4.72 Å². The van der Waals surface area contributed by atoms with Crippen LogP contribution in [0.25, 0.3) is 0 Å². The molecule has 0 aromatic heterocycles. The Kier molecular flexibility index (Phi) is 2.78. The predicted octanol–water partition coefficient (Wildman–Crippen LogP) is 1.78. The van der Waals surface area contributed by atoms with Gasteiger partial charge in [0.25, 0.3) is 0 Å². The fraction of sp³-hybridized carbons (Fsp3) is 0.462. The Morgan fingerprint density at radius 2 is 1.84 bits per heavy atom. The lowest BCUT2D eigenvalue weighted by atomic mass is 10.0. The molecule has 2 aliphatic rings. The van der Waals surface area contributed by atoms with Gasteiger partial charge in [-0.1, -0.05) is 0 Å². The van der Waals surface area contributed by atoms with Crippen LogP contribution in [0.5, 0.6) is 0 Å². The molecule has 0 aliphatic heterocycles. The van der Waals surface area contributed by atoms with Crippen LogP contribution in [0.3, 0.4) is 0 Å². The number of carboxylic acids is 1. The average molecular weight is 281 g/mol. The molecule has 0 bridgehead atoms. The van der Waals surface area contributed by atoms with E-state index in [-0.39, 0.29) is 16.5 Å². The number of sulfonamides is 1. The first-order valence-corrected chi connectivity index (χ1v) is 7.93. The van der Waals surface area contributed by atoms with Crippen molar-refractivity contribution in [2.75, 3.05) is 4.72 Å². The molecule has 0 saturated heterocycles. The fourth-order valence-electron chi connectivity index (χ4n) is 2.50. The average Bonchev–Trinajstić information content (AvgIpc) is 3.09. The van der Waals surface area contributed by atoms with E-state index in [0.717, 1.165) is 30.4 Å². The topological polar surface area (TPSA) is 83.5 Å². The van der Waals surface area contributed by atoms with E-state index >= 15 is 0 Å². The molecular formula is C13H15NO4S. The van der Waals surface area contributed by atoms with Crippen molar-refractivity contribution < 1.29 is 18.3 Å². The van der Waals surface area contributed by atoms with E-state index in [1.165, 1.54) is 0 Å². The molecule has 19 heavy (non-hydrogen) atoms. The standard InChI is InChI=1S/C13H15NO4S/c15-13(16)11-6-8-2-1-3-9(8)7-12(11)14-19(17,18)10-4-5-10/h6-7,10,14H,1-5H2,(H,15,16). The van der Waals surface area contributed by atoms with Gasteiger partial charge in [0.2, 0.25) is 10.0 Å². The minimum absolute atomic E-state index is 0.0462. The van der Waals surface area contributed by atoms with Gasteiger partial charge in [0.1, 0.15) is 0 Å². The number of rotatable bonds is 4. The lowest BCUT2D eigenvalue weighted by Gasteiger charge is -2.12. The second kappa shape index (κ2) is 4.23. The third-order valence-corrected chi connectivity index (χ3v) is 5.53. The highest BCUT2D eigenvalue weighted by atomic mass is 32.2. The van der Waals surface area contributed by atoms with Crippen molar-refractivity contribution in [2.45, 2.75) is 37.4 Å². The smallest absolute Gasteiger partial charge is 0.337 e. The van der Waals surface area contributed by atoms with Crippen LogP contribution in [0.1, 0.15) is 40.7 Å². The molecule has 1 saturated carbocycles. The molecule has 2 aliphatic carbocycles. The minimum Gasteiger partial charge on any atom is -0.478 e. The maximum absolute atomic E-state index is 11.9. The molecule has 0 amide bonds. The van der Waals surface area contributed by atoms with Crippen LogP contribution in [-0.2, 0) is 22.9 Å². The first-order valence-electron chi connectivity index (χ1n) is 6.38. The molecule has 0 radical (unpaired) electrons. The summed E-state index contributed by atoms with van der Waals surface area (Å²) in [4.78, 5) is 11.3. The number of aromatic carboxylic acids is 1. The number of hydrogen-bond donors (Lipinski definition) is 2. The van der Waals surface area contributed by atoms with Gasteiger partial charge in [0, 0.05) is 0 Å². The van der Waals surface area contributed by atoms with Crippen molar-refractivity contribution in [1.29, 1.82) is 0 Å². The van der Waals surface area contributed by atoms with Crippen LogP contribution >= 0.6 is 0 Å².